The highest BCUT2D eigenvalue weighted by atomic mass is 32.2. The van der Waals surface area contributed by atoms with E-state index in [9.17, 15) is 22.0 Å². The number of alkyl halides is 2. The van der Waals surface area contributed by atoms with Crippen molar-refractivity contribution in [2.75, 3.05) is 13.1 Å². The van der Waals surface area contributed by atoms with E-state index < -0.39 is 22.0 Å². The maximum Gasteiger partial charge on any atom is 0.387 e. The van der Waals surface area contributed by atoms with Gasteiger partial charge in [0.1, 0.15) is 11.5 Å². The second kappa shape index (κ2) is 6.99. The number of carbonyl (C=O) groups is 1. The van der Waals surface area contributed by atoms with Crippen LogP contribution >= 0.6 is 0 Å². The van der Waals surface area contributed by atoms with Gasteiger partial charge < -0.3 is 4.74 Å². The van der Waals surface area contributed by atoms with Crippen LogP contribution in [0, 0.1) is 5.41 Å². The van der Waals surface area contributed by atoms with Gasteiger partial charge in [0.15, 0.2) is 0 Å². The standard InChI is InChI=1S/C17H21F2NO4S/c18-16(19)24-13-5-3-6-14(11-13)25(22,23)20-10-4-9-17(12-20)8-2-1-7-15(17)21/h3,5-6,11,16H,1-2,4,7-10,12H2. The van der Waals surface area contributed by atoms with Gasteiger partial charge in [-0.05, 0) is 37.8 Å². The summed E-state index contributed by atoms with van der Waals surface area (Å²) >= 11 is 0. The van der Waals surface area contributed by atoms with Gasteiger partial charge >= 0.3 is 6.61 Å². The summed E-state index contributed by atoms with van der Waals surface area (Å²) in [5.74, 6) is -0.0509. The Morgan fingerprint density at radius 2 is 1.92 bits per heavy atom. The molecule has 0 amide bonds. The fourth-order valence-electron chi connectivity index (χ4n) is 3.84. The number of sulfonamides is 1. The smallest absolute Gasteiger partial charge is 0.387 e. The maximum atomic E-state index is 12.9. The number of carbonyl (C=O) groups excluding carboxylic acids is 1. The number of ketones is 1. The first kappa shape index (κ1) is 18.3. The summed E-state index contributed by atoms with van der Waals surface area (Å²) < 4.78 is 56.2. The first-order valence-corrected chi connectivity index (χ1v) is 9.86. The minimum atomic E-state index is -3.86. The van der Waals surface area contributed by atoms with Crippen molar-refractivity contribution in [1.82, 2.24) is 4.31 Å². The molecule has 138 valence electrons. The molecule has 1 heterocycles. The molecule has 1 atom stereocenters. The summed E-state index contributed by atoms with van der Waals surface area (Å²) in [5.41, 5.74) is -0.583. The van der Waals surface area contributed by atoms with Crippen LogP contribution in [0.15, 0.2) is 29.2 Å². The van der Waals surface area contributed by atoms with Crippen LogP contribution in [-0.4, -0.2) is 38.2 Å². The summed E-state index contributed by atoms with van der Waals surface area (Å²) in [7, 11) is -3.86. The normalized spacial score (nSPS) is 25.5. The zero-order valence-electron chi connectivity index (χ0n) is 13.8. The molecule has 0 aromatic heterocycles. The second-order valence-electron chi connectivity index (χ2n) is 6.71. The van der Waals surface area contributed by atoms with Crippen molar-refractivity contribution in [3.8, 4) is 5.75 Å². The quantitative estimate of drug-likeness (QED) is 0.813. The van der Waals surface area contributed by atoms with Crippen molar-refractivity contribution in [3.63, 3.8) is 0 Å². The molecule has 3 rings (SSSR count). The van der Waals surface area contributed by atoms with E-state index in [0.29, 0.717) is 32.2 Å². The molecule has 1 spiro atoms. The van der Waals surface area contributed by atoms with Crippen LogP contribution in [-0.2, 0) is 14.8 Å². The highest BCUT2D eigenvalue weighted by Gasteiger charge is 2.45. The molecule has 0 N–H and O–H groups in total. The van der Waals surface area contributed by atoms with Gasteiger partial charge in [-0.25, -0.2) is 8.42 Å². The Balaban J connectivity index is 1.85. The van der Waals surface area contributed by atoms with Crippen molar-refractivity contribution in [2.24, 2.45) is 5.41 Å². The lowest BCUT2D eigenvalue weighted by molar-refractivity contribution is -0.133. The number of nitrogens with zero attached hydrogens (tertiary/aromatic N) is 1. The third-order valence-electron chi connectivity index (χ3n) is 5.11. The van der Waals surface area contributed by atoms with Crippen LogP contribution in [0.25, 0.3) is 0 Å². The number of ether oxygens (including phenoxy) is 1. The number of piperidine rings is 1. The van der Waals surface area contributed by atoms with Gasteiger partial charge in [0, 0.05) is 31.0 Å². The molecule has 1 aromatic rings. The van der Waals surface area contributed by atoms with Gasteiger partial charge in [-0.3, -0.25) is 4.79 Å². The molecule has 8 heteroatoms. The van der Waals surface area contributed by atoms with Crippen LogP contribution < -0.4 is 4.74 Å². The molecule has 0 bridgehead atoms. The van der Waals surface area contributed by atoms with Crippen LogP contribution in [0.2, 0.25) is 0 Å². The topological polar surface area (TPSA) is 63.7 Å². The zero-order chi connectivity index (χ0) is 18.1. The van der Waals surface area contributed by atoms with Crippen LogP contribution in [0.3, 0.4) is 0 Å². The number of Topliss-reactive ketones (excluding diaryl/α,β-unsaturated/α-hetero) is 1. The summed E-state index contributed by atoms with van der Waals surface area (Å²) in [5, 5.41) is 0. The predicted molar refractivity (Wildman–Crippen MR) is 87.0 cm³/mol. The molecular weight excluding hydrogens is 352 g/mol. The van der Waals surface area contributed by atoms with Gasteiger partial charge in [0.05, 0.1) is 4.90 Å². The van der Waals surface area contributed by atoms with Gasteiger partial charge in [-0.15, -0.1) is 0 Å². The van der Waals surface area contributed by atoms with E-state index in [1.165, 1.54) is 22.5 Å². The van der Waals surface area contributed by atoms with E-state index in [1.54, 1.807) is 0 Å². The lowest BCUT2D eigenvalue weighted by Gasteiger charge is -2.43. The van der Waals surface area contributed by atoms with Crippen molar-refractivity contribution in [3.05, 3.63) is 24.3 Å². The fourth-order valence-corrected chi connectivity index (χ4v) is 5.44. The zero-order valence-corrected chi connectivity index (χ0v) is 14.6. The highest BCUT2D eigenvalue weighted by molar-refractivity contribution is 7.89. The third kappa shape index (κ3) is 3.69. The largest absolute Gasteiger partial charge is 0.435 e. The van der Waals surface area contributed by atoms with Crippen LogP contribution in [0.5, 0.6) is 5.75 Å². The molecule has 1 saturated heterocycles. The van der Waals surface area contributed by atoms with E-state index in [1.807, 2.05) is 0 Å². The Morgan fingerprint density at radius 1 is 1.16 bits per heavy atom. The van der Waals surface area contributed by atoms with E-state index in [2.05, 4.69) is 4.74 Å². The molecule has 1 aliphatic heterocycles. The number of hydrogen-bond acceptors (Lipinski definition) is 4. The molecule has 1 saturated carbocycles. The first-order chi connectivity index (χ1) is 11.8. The Morgan fingerprint density at radius 3 is 2.64 bits per heavy atom. The molecule has 5 nitrogen and oxygen atoms in total. The summed E-state index contributed by atoms with van der Waals surface area (Å²) in [6.07, 6.45) is 4.35. The Labute approximate surface area is 146 Å². The predicted octanol–water partition coefficient (Wildman–Crippen LogP) is 3.20. The molecule has 1 aromatic carbocycles. The molecule has 0 radical (unpaired) electrons. The van der Waals surface area contributed by atoms with Crippen LogP contribution in [0.4, 0.5) is 8.78 Å². The Kier molecular flexibility index (Phi) is 5.11. The summed E-state index contributed by atoms with van der Waals surface area (Å²) in [6.45, 7) is -2.51. The van der Waals surface area contributed by atoms with E-state index in [4.69, 9.17) is 0 Å². The second-order valence-corrected chi connectivity index (χ2v) is 8.64. The molecule has 2 fully saturated rings. The Bertz CT molecular complexity index is 749. The number of halogens is 2. The Hall–Kier alpha value is -1.54. The lowest BCUT2D eigenvalue weighted by Crippen LogP contribution is -2.50. The monoisotopic (exact) mass is 373 g/mol. The molecule has 25 heavy (non-hydrogen) atoms. The highest BCUT2D eigenvalue weighted by Crippen LogP contribution is 2.42. The van der Waals surface area contributed by atoms with Crippen molar-refractivity contribution in [1.29, 1.82) is 0 Å². The SMILES string of the molecule is O=C1CCCCC12CCCN(S(=O)(=O)c1cccc(OC(F)F)c1)C2. The molecule has 1 aliphatic carbocycles. The minimum absolute atomic E-state index is 0.0917. The third-order valence-corrected chi connectivity index (χ3v) is 6.95. The summed E-state index contributed by atoms with van der Waals surface area (Å²) in [6, 6.07) is 5.12. The maximum absolute atomic E-state index is 12.9. The molecule has 1 unspecified atom stereocenters. The van der Waals surface area contributed by atoms with E-state index in [0.717, 1.165) is 18.9 Å². The van der Waals surface area contributed by atoms with Gasteiger partial charge in [-0.1, -0.05) is 12.5 Å². The molecular formula is C17H21F2NO4S. The number of rotatable bonds is 4. The number of benzene rings is 1. The molecule has 2 aliphatic rings. The van der Waals surface area contributed by atoms with Crippen LogP contribution in [0.1, 0.15) is 38.5 Å². The summed E-state index contributed by atoms with van der Waals surface area (Å²) in [4.78, 5) is 12.3. The van der Waals surface area contributed by atoms with Gasteiger partial charge in [-0.2, -0.15) is 13.1 Å². The van der Waals surface area contributed by atoms with Crippen molar-refractivity contribution < 1.29 is 26.7 Å². The number of hydrogen-bond donors (Lipinski definition) is 0. The lowest BCUT2D eigenvalue weighted by atomic mass is 9.69. The fraction of sp³-hybridized carbons (Fsp3) is 0.588. The first-order valence-electron chi connectivity index (χ1n) is 8.42. The van der Waals surface area contributed by atoms with E-state index >= 15 is 0 Å². The van der Waals surface area contributed by atoms with Gasteiger partial charge in [0.25, 0.3) is 0 Å². The van der Waals surface area contributed by atoms with Gasteiger partial charge in [0.2, 0.25) is 10.0 Å². The average Bonchev–Trinajstić information content (AvgIpc) is 2.58. The van der Waals surface area contributed by atoms with Crippen molar-refractivity contribution in [2.45, 2.75) is 50.0 Å². The average molecular weight is 373 g/mol. The van der Waals surface area contributed by atoms with Crippen molar-refractivity contribution >= 4 is 15.8 Å². The minimum Gasteiger partial charge on any atom is -0.435 e. The van der Waals surface area contributed by atoms with E-state index in [-0.39, 0.29) is 23.0 Å².